The van der Waals surface area contributed by atoms with Crippen molar-refractivity contribution in [3.05, 3.63) is 11.6 Å². The lowest BCUT2D eigenvalue weighted by atomic mass is 9.61. The van der Waals surface area contributed by atoms with E-state index in [-0.39, 0.29) is 23.4 Å². The molecular weight excluding hydrogens is 212 g/mol. The quantitative estimate of drug-likeness (QED) is 0.637. The van der Waals surface area contributed by atoms with Crippen LogP contribution in [0.2, 0.25) is 0 Å². The zero-order valence-corrected chi connectivity index (χ0v) is 11.5. The lowest BCUT2D eigenvalue weighted by molar-refractivity contribution is -0.0797. The van der Waals surface area contributed by atoms with Crippen molar-refractivity contribution in [3.8, 4) is 0 Å². The Bertz CT molecular complexity index is 328. The Labute approximate surface area is 105 Å². The van der Waals surface area contributed by atoms with Gasteiger partial charge in [-0.2, -0.15) is 0 Å². The first kappa shape index (κ1) is 13.1. The molecule has 0 aromatic carbocycles. The third-order valence-electron chi connectivity index (χ3n) is 5.14. The number of aliphatic hydroxyl groups excluding tert-OH is 1. The highest BCUT2D eigenvalue weighted by molar-refractivity contribution is 5.17. The molecule has 0 heterocycles. The highest BCUT2D eigenvalue weighted by Gasteiger charge is 2.50. The molecule has 2 rings (SSSR count). The number of fused-ring (bicyclic) bond motifs is 1. The highest BCUT2D eigenvalue weighted by atomic mass is 16.3. The van der Waals surface area contributed by atoms with Crippen LogP contribution in [0.5, 0.6) is 0 Å². The Morgan fingerprint density at radius 1 is 1.24 bits per heavy atom. The van der Waals surface area contributed by atoms with E-state index in [2.05, 4.69) is 19.9 Å². The summed E-state index contributed by atoms with van der Waals surface area (Å²) in [5, 5.41) is 21.1. The van der Waals surface area contributed by atoms with E-state index in [1.165, 1.54) is 0 Å². The van der Waals surface area contributed by atoms with Gasteiger partial charge >= 0.3 is 0 Å². The molecule has 0 aromatic rings. The van der Waals surface area contributed by atoms with Crippen molar-refractivity contribution in [2.45, 2.75) is 65.1 Å². The van der Waals surface area contributed by atoms with Crippen LogP contribution in [0.1, 0.15) is 53.4 Å². The Morgan fingerprint density at radius 3 is 2.53 bits per heavy atom. The predicted molar refractivity (Wildman–Crippen MR) is 69.6 cm³/mol. The molecular formula is C15H26O2. The van der Waals surface area contributed by atoms with Crippen molar-refractivity contribution >= 4 is 0 Å². The molecule has 2 aliphatic carbocycles. The van der Waals surface area contributed by atoms with Gasteiger partial charge in [0.2, 0.25) is 0 Å². The van der Waals surface area contributed by atoms with Gasteiger partial charge in [-0.3, -0.25) is 0 Å². The van der Waals surface area contributed by atoms with E-state index in [1.807, 2.05) is 13.8 Å². The largest absolute Gasteiger partial charge is 0.390 e. The minimum Gasteiger partial charge on any atom is -0.390 e. The molecule has 2 nitrogen and oxygen atoms in total. The number of rotatable bonds is 0. The number of hydrogen-bond acceptors (Lipinski definition) is 2. The van der Waals surface area contributed by atoms with E-state index >= 15 is 0 Å². The van der Waals surface area contributed by atoms with Crippen molar-refractivity contribution in [2.75, 3.05) is 0 Å². The Balaban J connectivity index is 2.42. The molecule has 1 saturated carbocycles. The van der Waals surface area contributed by atoms with Crippen LogP contribution in [-0.2, 0) is 0 Å². The summed E-state index contributed by atoms with van der Waals surface area (Å²) in [5.41, 5.74) is 0.563. The van der Waals surface area contributed by atoms with Gasteiger partial charge in [-0.25, -0.2) is 0 Å². The van der Waals surface area contributed by atoms with Crippen molar-refractivity contribution in [2.24, 2.45) is 17.3 Å². The van der Waals surface area contributed by atoms with Crippen molar-refractivity contribution in [3.63, 3.8) is 0 Å². The summed E-state index contributed by atoms with van der Waals surface area (Å²) < 4.78 is 0. The molecule has 0 bridgehead atoms. The van der Waals surface area contributed by atoms with Crippen molar-refractivity contribution in [1.82, 2.24) is 0 Å². The second-order valence-electron chi connectivity index (χ2n) is 6.96. The molecule has 0 spiro atoms. The summed E-state index contributed by atoms with van der Waals surface area (Å²) in [7, 11) is 0. The summed E-state index contributed by atoms with van der Waals surface area (Å²) in [6.07, 6.45) is 5.64. The molecule has 0 radical (unpaired) electrons. The van der Waals surface area contributed by atoms with Gasteiger partial charge in [0.15, 0.2) is 0 Å². The number of aliphatic hydroxyl groups is 2. The fourth-order valence-corrected chi connectivity index (χ4v) is 3.95. The summed E-state index contributed by atoms with van der Waals surface area (Å²) >= 11 is 0. The average molecular weight is 238 g/mol. The molecule has 0 saturated heterocycles. The second-order valence-corrected chi connectivity index (χ2v) is 6.96. The normalized spacial score (nSPS) is 45.8. The standard InChI is InChI=1S/C15H26O2/c1-10-6-7-11-12(13(10)16)14(2,3)8-5-9-15(11,4)17/h6,11-13,16-17H,5,7-9H2,1-4H3/t11-,12-,13+,15+/m0/s1. The summed E-state index contributed by atoms with van der Waals surface area (Å²) in [5.74, 6) is 0.378. The van der Waals surface area contributed by atoms with Crippen LogP contribution in [-0.4, -0.2) is 21.9 Å². The van der Waals surface area contributed by atoms with E-state index in [4.69, 9.17) is 0 Å². The summed E-state index contributed by atoms with van der Waals surface area (Å²) in [6.45, 7) is 8.45. The average Bonchev–Trinajstić information content (AvgIpc) is 2.28. The molecule has 98 valence electrons. The predicted octanol–water partition coefficient (Wildman–Crippen LogP) is 2.89. The van der Waals surface area contributed by atoms with Crippen molar-refractivity contribution < 1.29 is 10.2 Å². The van der Waals surface area contributed by atoms with E-state index in [0.29, 0.717) is 0 Å². The molecule has 0 amide bonds. The van der Waals surface area contributed by atoms with Crippen LogP contribution in [0.4, 0.5) is 0 Å². The van der Waals surface area contributed by atoms with E-state index in [9.17, 15) is 10.2 Å². The zero-order chi connectivity index (χ0) is 12.8. The Kier molecular flexibility index (Phi) is 3.16. The lowest BCUT2D eigenvalue weighted by Crippen LogP contribution is -2.49. The van der Waals surface area contributed by atoms with Gasteiger partial charge in [-0.15, -0.1) is 0 Å². The summed E-state index contributed by atoms with van der Waals surface area (Å²) in [4.78, 5) is 0. The lowest BCUT2D eigenvalue weighted by Gasteiger charge is -2.47. The van der Waals surface area contributed by atoms with Gasteiger partial charge in [-0.05, 0) is 55.9 Å². The van der Waals surface area contributed by atoms with E-state index < -0.39 is 5.60 Å². The smallest absolute Gasteiger partial charge is 0.0784 e. The van der Waals surface area contributed by atoms with Gasteiger partial charge in [0, 0.05) is 0 Å². The first-order valence-corrected chi connectivity index (χ1v) is 6.83. The monoisotopic (exact) mass is 238 g/mol. The maximum atomic E-state index is 10.6. The maximum Gasteiger partial charge on any atom is 0.0784 e. The van der Waals surface area contributed by atoms with E-state index in [1.54, 1.807) is 0 Å². The van der Waals surface area contributed by atoms with Crippen molar-refractivity contribution in [1.29, 1.82) is 0 Å². The molecule has 0 aliphatic heterocycles. The Morgan fingerprint density at radius 2 is 1.88 bits per heavy atom. The van der Waals surface area contributed by atoms with Gasteiger partial charge in [0.1, 0.15) is 0 Å². The first-order chi connectivity index (χ1) is 7.76. The molecule has 1 fully saturated rings. The van der Waals surface area contributed by atoms with Gasteiger partial charge in [0.05, 0.1) is 11.7 Å². The van der Waals surface area contributed by atoms with Crippen LogP contribution in [0.25, 0.3) is 0 Å². The molecule has 2 aliphatic rings. The maximum absolute atomic E-state index is 10.6. The minimum absolute atomic E-state index is 0.111. The molecule has 0 unspecified atom stereocenters. The van der Waals surface area contributed by atoms with Crippen LogP contribution >= 0.6 is 0 Å². The van der Waals surface area contributed by atoms with Crippen LogP contribution < -0.4 is 0 Å². The minimum atomic E-state index is -0.628. The second kappa shape index (κ2) is 4.10. The molecule has 17 heavy (non-hydrogen) atoms. The molecule has 0 aromatic heterocycles. The Hall–Kier alpha value is -0.340. The third kappa shape index (κ3) is 2.17. The number of hydrogen-bond donors (Lipinski definition) is 2. The van der Waals surface area contributed by atoms with Gasteiger partial charge in [-0.1, -0.05) is 26.3 Å². The fourth-order valence-electron chi connectivity index (χ4n) is 3.95. The topological polar surface area (TPSA) is 40.5 Å². The van der Waals surface area contributed by atoms with E-state index in [0.717, 1.165) is 31.3 Å². The first-order valence-electron chi connectivity index (χ1n) is 6.83. The summed E-state index contributed by atoms with van der Waals surface area (Å²) in [6, 6.07) is 0. The highest BCUT2D eigenvalue weighted by Crippen LogP contribution is 2.52. The molecule has 4 atom stereocenters. The van der Waals surface area contributed by atoms with Gasteiger partial charge < -0.3 is 10.2 Å². The SMILES string of the molecule is CC1=CC[C@H]2[C@@H]([C@@H]1O)C(C)(C)CCC[C@@]2(C)O. The van der Waals surface area contributed by atoms with Gasteiger partial charge in [0.25, 0.3) is 0 Å². The number of allylic oxidation sites excluding steroid dienone is 1. The fraction of sp³-hybridized carbons (Fsp3) is 0.867. The van der Waals surface area contributed by atoms with Crippen LogP contribution in [0.15, 0.2) is 11.6 Å². The molecule has 2 heteroatoms. The van der Waals surface area contributed by atoms with Crippen LogP contribution in [0.3, 0.4) is 0 Å². The van der Waals surface area contributed by atoms with Crippen LogP contribution in [0, 0.1) is 17.3 Å². The third-order valence-corrected chi connectivity index (χ3v) is 5.14. The zero-order valence-electron chi connectivity index (χ0n) is 11.5. The molecule has 2 N–H and O–H groups in total.